The highest BCUT2D eigenvalue weighted by atomic mass is 32.2. The van der Waals surface area contributed by atoms with Crippen LogP contribution in [0.25, 0.3) is 11.0 Å². The fraction of sp³-hybridized carbons (Fsp3) is 0.375. The second-order valence-electron chi connectivity index (χ2n) is 8.06. The molecule has 7 nitrogen and oxygen atoms in total. The molecule has 0 aliphatic carbocycles. The van der Waals surface area contributed by atoms with E-state index in [1.165, 1.54) is 19.3 Å². The van der Waals surface area contributed by atoms with Crippen LogP contribution in [0.15, 0.2) is 61.4 Å². The summed E-state index contributed by atoms with van der Waals surface area (Å²) in [6.07, 6.45) is 6.18. The summed E-state index contributed by atoms with van der Waals surface area (Å²) in [4.78, 5) is 14.5. The molecule has 3 aromatic heterocycles. The first-order valence-corrected chi connectivity index (χ1v) is 12.1. The van der Waals surface area contributed by atoms with Gasteiger partial charge in [0.2, 0.25) is 5.95 Å². The highest BCUT2D eigenvalue weighted by molar-refractivity contribution is 7.98. The summed E-state index contributed by atoms with van der Waals surface area (Å²) in [5.41, 5.74) is 2.40. The summed E-state index contributed by atoms with van der Waals surface area (Å²) in [6, 6.07) is 11.5. The number of anilines is 1. The average Bonchev–Trinajstić information content (AvgIpc) is 3.48. The minimum atomic E-state index is -0.326. The monoisotopic (exact) mass is 450 g/mol. The van der Waals surface area contributed by atoms with E-state index >= 15 is 0 Å². The molecule has 4 heterocycles. The Morgan fingerprint density at radius 2 is 1.97 bits per heavy atom. The second-order valence-corrected chi connectivity index (χ2v) is 9.00. The predicted octanol–water partition coefficient (Wildman–Crippen LogP) is 4.87. The highest BCUT2D eigenvalue weighted by Gasteiger charge is 2.21. The van der Waals surface area contributed by atoms with E-state index in [4.69, 9.17) is 8.83 Å². The summed E-state index contributed by atoms with van der Waals surface area (Å²) in [5.74, 6) is 2.35. The van der Waals surface area contributed by atoms with E-state index in [1.54, 1.807) is 24.1 Å². The highest BCUT2D eigenvalue weighted by Crippen LogP contribution is 2.30. The first kappa shape index (κ1) is 20.9. The van der Waals surface area contributed by atoms with Crippen LogP contribution in [0.4, 0.5) is 5.95 Å². The number of hydrogen-bond acceptors (Lipinski definition) is 7. The fourth-order valence-electron chi connectivity index (χ4n) is 4.17. The number of hydrogen-bond donors (Lipinski definition) is 0. The number of thioether (sulfide) groups is 1. The molecule has 1 aromatic carbocycles. The van der Waals surface area contributed by atoms with Crippen molar-refractivity contribution < 1.29 is 8.83 Å². The van der Waals surface area contributed by atoms with E-state index in [2.05, 4.69) is 32.7 Å². The molecular formula is C24H26N4O3S. The van der Waals surface area contributed by atoms with Gasteiger partial charge in [-0.05, 0) is 55.0 Å². The van der Waals surface area contributed by atoms with E-state index < -0.39 is 0 Å². The lowest BCUT2D eigenvalue weighted by molar-refractivity contribution is 0.479. The molecule has 0 spiro atoms. The topological polar surface area (TPSA) is 77.3 Å². The van der Waals surface area contributed by atoms with Crippen LogP contribution in [0, 0.1) is 0 Å². The van der Waals surface area contributed by atoms with Gasteiger partial charge in [0.1, 0.15) is 11.3 Å². The molecule has 1 aliphatic rings. The van der Waals surface area contributed by atoms with Crippen molar-refractivity contribution in [2.45, 2.75) is 50.1 Å². The molecule has 1 saturated heterocycles. The van der Waals surface area contributed by atoms with Crippen LogP contribution in [-0.2, 0) is 18.7 Å². The quantitative estimate of drug-likeness (QED) is 0.294. The number of aromatic nitrogens is 3. The molecular weight excluding hydrogens is 424 g/mol. The SMILES string of the molecule is CCc1ccc2c(CSc3nnc(N4CCCCC4)n3Cc3ccco3)cc(=O)oc2c1. The van der Waals surface area contributed by atoms with Gasteiger partial charge < -0.3 is 13.7 Å². The van der Waals surface area contributed by atoms with Crippen LogP contribution >= 0.6 is 11.8 Å². The number of nitrogens with zero attached hydrogens (tertiary/aromatic N) is 4. The van der Waals surface area contributed by atoms with Gasteiger partial charge in [0.05, 0.1) is 12.8 Å². The Balaban J connectivity index is 1.45. The number of furan rings is 1. The molecule has 0 amide bonds. The molecule has 0 N–H and O–H groups in total. The molecule has 1 aliphatic heterocycles. The number of piperidine rings is 1. The molecule has 0 radical (unpaired) electrons. The van der Waals surface area contributed by atoms with Gasteiger partial charge in [-0.15, -0.1) is 10.2 Å². The summed E-state index contributed by atoms with van der Waals surface area (Å²) < 4.78 is 13.2. The molecule has 0 unspecified atom stereocenters. The Labute approximate surface area is 190 Å². The Hall–Kier alpha value is -3.00. The summed E-state index contributed by atoms with van der Waals surface area (Å²) in [6.45, 7) is 4.65. The lowest BCUT2D eigenvalue weighted by Gasteiger charge is -2.27. The molecule has 8 heteroatoms. The van der Waals surface area contributed by atoms with Crippen molar-refractivity contribution in [2.75, 3.05) is 18.0 Å². The van der Waals surface area contributed by atoms with Gasteiger partial charge in [-0.1, -0.05) is 30.8 Å². The zero-order valence-corrected chi connectivity index (χ0v) is 18.9. The van der Waals surface area contributed by atoms with Gasteiger partial charge in [0.15, 0.2) is 5.16 Å². The zero-order valence-electron chi connectivity index (χ0n) is 18.1. The van der Waals surface area contributed by atoms with Crippen molar-refractivity contribution in [1.29, 1.82) is 0 Å². The lowest BCUT2D eigenvalue weighted by atomic mass is 10.1. The summed E-state index contributed by atoms with van der Waals surface area (Å²) in [7, 11) is 0. The van der Waals surface area contributed by atoms with Crippen molar-refractivity contribution in [1.82, 2.24) is 14.8 Å². The fourth-order valence-corrected chi connectivity index (χ4v) is 5.09. The van der Waals surface area contributed by atoms with E-state index in [1.807, 2.05) is 24.3 Å². The van der Waals surface area contributed by atoms with Crippen LogP contribution < -0.4 is 10.5 Å². The minimum Gasteiger partial charge on any atom is -0.467 e. The smallest absolute Gasteiger partial charge is 0.336 e. The van der Waals surface area contributed by atoms with Gasteiger partial charge in [-0.25, -0.2) is 4.79 Å². The zero-order chi connectivity index (χ0) is 21.9. The number of benzene rings is 1. The van der Waals surface area contributed by atoms with Crippen LogP contribution in [0.1, 0.15) is 43.1 Å². The first-order valence-electron chi connectivity index (χ1n) is 11.1. The van der Waals surface area contributed by atoms with Crippen molar-refractivity contribution in [3.8, 4) is 0 Å². The number of fused-ring (bicyclic) bond motifs is 1. The van der Waals surface area contributed by atoms with E-state index in [0.29, 0.717) is 17.9 Å². The maximum absolute atomic E-state index is 12.2. The second kappa shape index (κ2) is 9.24. The van der Waals surface area contributed by atoms with Crippen molar-refractivity contribution in [3.63, 3.8) is 0 Å². The predicted molar refractivity (Wildman–Crippen MR) is 125 cm³/mol. The van der Waals surface area contributed by atoms with Gasteiger partial charge in [-0.3, -0.25) is 4.57 Å². The van der Waals surface area contributed by atoms with Crippen LogP contribution in [0.5, 0.6) is 0 Å². The maximum Gasteiger partial charge on any atom is 0.336 e. The van der Waals surface area contributed by atoms with E-state index in [0.717, 1.165) is 52.9 Å². The molecule has 5 rings (SSSR count). The third-order valence-electron chi connectivity index (χ3n) is 5.89. The maximum atomic E-state index is 12.2. The summed E-state index contributed by atoms with van der Waals surface area (Å²) >= 11 is 1.58. The number of rotatable bonds is 7. The Morgan fingerprint density at radius 3 is 2.75 bits per heavy atom. The molecule has 0 bridgehead atoms. The van der Waals surface area contributed by atoms with Crippen molar-refractivity contribution >= 4 is 28.7 Å². The molecule has 32 heavy (non-hydrogen) atoms. The molecule has 4 aromatic rings. The Bertz CT molecular complexity index is 1260. The van der Waals surface area contributed by atoms with Crippen LogP contribution in [-0.4, -0.2) is 27.9 Å². The average molecular weight is 451 g/mol. The molecule has 1 fully saturated rings. The lowest BCUT2D eigenvalue weighted by Crippen LogP contribution is -2.32. The summed E-state index contributed by atoms with van der Waals surface area (Å²) in [5, 5.41) is 10.8. The van der Waals surface area contributed by atoms with Crippen LogP contribution in [0.3, 0.4) is 0 Å². The van der Waals surface area contributed by atoms with Crippen molar-refractivity contribution in [3.05, 3.63) is 70.0 Å². The van der Waals surface area contributed by atoms with Crippen LogP contribution in [0.2, 0.25) is 0 Å². The minimum absolute atomic E-state index is 0.326. The third-order valence-corrected chi connectivity index (χ3v) is 6.91. The molecule has 166 valence electrons. The van der Waals surface area contributed by atoms with Crippen molar-refractivity contribution in [2.24, 2.45) is 0 Å². The first-order chi connectivity index (χ1) is 15.7. The van der Waals surface area contributed by atoms with Gasteiger partial charge >= 0.3 is 5.63 Å². The van der Waals surface area contributed by atoms with Gasteiger partial charge in [-0.2, -0.15) is 0 Å². The van der Waals surface area contributed by atoms with E-state index in [-0.39, 0.29) is 5.63 Å². The normalized spacial score (nSPS) is 14.3. The Kier molecular flexibility index (Phi) is 6.03. The largest absolute Gasteiger partial charge is 0.467 e. The van der Waals surface area contributed by atoms with Gasteiger partial charge in [0.25, 0.3) is 0 Å². The molecule has 0 saturated carbocycles. The third kappa shape index (κ3) is 4.32. The standard InChI is InChI=1S/C24H26N4O3S/c1-2-17-8-9-20-18(14-22(29)31-21(20)13-17)16-32-24-26-25-23(27-10-4-3-5-11-27)28(24)15-19-7-6-12-30-19/h6-9,12-14H,2-5,10-11,15-16H2,1H3. The van der Waals surface area contributed by atoms with E-state index in [9.17, 15) is 4.79 Å². The molecule has 0 atom stereocenters. The number of aryl methyl sites for hydroxylation is 1. The Morgan fingerprint density at radius 1 is 1.09 bits per heavy atom. The van der Waals surface area contributed by atoms with Gasteiger partial charge in [0, 0.05) is 30.3 Å².